The normalized spacial score (nSPS) is 34.3. The molecular formula is C10H15N3OS. The molecular weight excluding hydrogens is 210 g/mol. The van der Waals surface area contributed by atoms with E-state index in [0.717, 1.165) is 24.0 Å². The Morgan fingerprint density at radius 2 is 2.13 bits per heavy atom. The lowest BCUT2D eigenvalue weighted by Gasteiger charge is -2.44. The van der Waals surface area contributed by atoms with Crippen molar-refractivity contribution in [2.24, 2.45) is 5.92 Å². The van der Waals surface area contributed by atoms with E-state index in [2.05, 4.69) is 13.6 Å². The first kappa shape index (κ1) is 9.54. The average molecular weight is 225 g/mol. The van der Waals surface area contributed by atoms with Crippen molar-refractivity contribution in [1.82, 2.24) is 13.6 Å². The summed E-state index contributed by atoms with van der Waals surface area (Å²) in [6, 6.07) is 0. The molecule has 5 heteroatoms. The summed E-state index contributed by atoms with van der Waals surface area (Å²) < 4.78 is 13.9. The summed E-state index contributed by atoms with van der Waals surface area (Å²) in [4.78, 5) is 2.53. The Kier molecular flexibility index (Phi) is 2.36. The van der Waals surface area contributed by atoms with E-state index in [-0.39, 0.29) is 0 Å². The third kappa shape index (κ3) is 1.54. The second kappa shape index (κ2) is 3.72. The van der Waals surface area contributed by atoms with Crippen LogP contribution in [0.4, 0.5) is 0 Å². The summed E-state index contributed by atoms with van der Waals surface area (Å²) in [6.07, 6.45) is 2.62. The van der Waals surface area contributed by atoms with Crippen LogP contribution >= 0.6 is 11.7 Å². The molecule has 3 aliphatic heterocycles. The van der Waals surface area contributed by atoms with Gasteiger partial charge in [-0.25, -0.2) is 0 Å². The van der Waals surface area contributed by atoms with Crippen molar-refractivity contribution in [2.45, 2.75) is 18.8 Å². The van der Waals surface area contributed by atoms with Gasteiger partial charge in [-0.2, -0.15) is 4.37 Å². The van der Waals surface area contributed by atoms with Crippen LogP contribution in [0.3, 0.4) is 0 Å². The van der Waals surface area contributed by atoms with Gasteiger partial charge in [0.15, 0.2) is 0 Å². The van der Waals surface area contributed by atoms with Gasteiger partial charge in [0.2, 0.25) is 5.88 Å². The van der Waals surface area contributed by atoms with Crippen molar-refractivity contribution < 1.29 is 4.74 Å². The van der Waals surface area contributed by atoms with E-state index < -0.39 is 0 Å². The lowest BCUT2D eigenvalue weighted by Crippen LogP contribution is -2.46. The van der Waals surface area contributed by atoms with E-state index in [1.807, 2.05) is 0 Å². The van der Waals surface area contributed by atoms with Crippen LogP contribution in [-0.2, 0) is 0 Å². The number of hydrogen-bond acceptors (Lipinski definition) is 5. The van der Waals surface area contributed by atoms with Crippen LogP contribution in [0.25, 0.3) is 0 Å². The lowest BCUT2D eigenvalue weighted by atomic mass is 9.77. The summed E-state index contributed by atoms with van der Waals surface area (Å²) in [5.41, 5.74) is 1.09. The predicted octanol–water partition coefficient (Wildman–Crippen LogP) is 1.36. The fraction of sp³-hybridized carbons (Fsp3) is 0.800. The van der Waals surface area contributed by atoms with Gasteiger partial charge in [-0.1, -0.05) is 0 Å². The number of aromatic nitrogens is 2. The van der Waals surface area contributed by atoms with Gasteiger partial charge in [0, 0.05) is 12.5 Å². The van der Waals surface area contributed by atoms with Crippen molar-refractivity contribution in [3.8, 4) is 5.88 Å². The van der Waals surface area contributed by atoms with E-state index in [4.69, 9.17) is 4.74 Å². The van der Waals surface area contributed by atoms with Crippen LogP contribution in [0.15, 0.2) is 0 Å². The van der Waals surface area contributed by atoms with Crippen LogP contribution in [0, 0.1) is 5.92 Å². The van der Waals surface area contributed by atoms with E-state index in [1.165, 1.54) is 37.7 Å². The van der Waals surface area contributed by atoms with E-state index in [9.17, 15) is 0 Å². The molecule has 0 saturated carbocycles. The minimum atomic E-state index is 0.557. The molecule has 2 bridgehead atoms. The zero-order valence-electron chi connectivity index (χ0n) is 8.85. The molecule has 1 aromatic heterocycles. The van der Waals surface area contributed by atoms with Crippen LogP contribution in [0.1, 0.15) is 24.5 Å². The van der Waals surface area contributed by atoms with Crippen LogP contribution in [-0.4, -0.2) is 40.4 Å². The van der Waals surface area contributed by atoms with Gasteiger partial charge < -0.3 is 9.64 Å². The quantitative estimate of drug-likeness (QED) is 0.761. The smallest absolute Gasteiger partial charge is 0.249 e. The molecule has 4 rings (SSSR count). The first-order valence-electron chi connectivity index (χ1n) is 5.47. The van der Waals surface area contributed by atoms with Gasteiger partial charge in [-0.3, -0.25) is 0 Å². The Labute approximate surface area is 93.6 Å². The van der Waals surface area contributed by atoms with Gasteiger partial charge in [0.1, 0.15) is 5.69 Å². The second-order valence-corrected chi connectivity index (χ2v) is 4.93. The van der Waals surface area contributed by atoms with Gasteiger partial charge in [0.25, 0.3) is 0 Å². The maximum absolute atomic E-state index is 5.26. The molecule has 3 saturated heterocycles. The maximum Gasteiger partial charge on any atom is 0.249 e. The van der Waals surface area contributed by atoms with E-state index >= 15 is 0 Å². The molecule has 0 amide bonds. The molecule has 3 fully saturated rings. The Morgan fingerprint density at radius 1 is 1.33 bits per heavy atom. The summed E-state index contributed by atoms with van der Waals surface area (Å²) in [5, 5.41) is 0. The zero-order valence-corrected chi connectivity index (χ0v) is 9.66. The zero-order chi connectivity index (χ0) is 10.3. The minimum absolute atomic E-state index is 0.557. The van der Waals surface area contributed by atoms with Crippen LogP contribution in [0.5, 0.6) is 5.88 Å². The number of nitrogens with zero attached hydrogens (tertiary/aromatic N) is 3. The maximum atomic E-state index is 5.26. The SMILES string of the molecule is COc1nsnc1C1CN2CCC1CC2. The largest absolute Gasteiger partial charge is 0.479 e. The molecule has 4 nitrogen and oxygen atoms in total. The van der Waals surface area contributed by atoms with Crippen molar-refractivity contribution >= 4 is 11.7 Å². The molecule has 0 radical (unpaired) electrons. The molecule has 15 heavy (non-hydrogen) atoms. The van der Waals surface area contributed by atoms with Crippen molar-refractivity contribution in [1.29, 1.82) is 0 Å². The monoisotopic (exact) mass is 225 g/mol. The number of fused-ring (bicyclic) bond motifs is 3. The Balaban J connectivity index is 1.88. The van der Waals surface area contributed by atoms with E-state index in [0.29, 0.717) is 5.92 Å². The lowest BCUT2D eigenvalue weighted by molar-refractivity contribution is 0.0845. The van der Waals surface area contributed by atoms with Gasteiger partial charge in [-0.05, 0) is 31.8 Å². The standard InChI is InChI=1S/C10H15N3OS/c1-14-10-9(11-15-12-10)8-6-13-4-2-7(8)3-5-13/h7-8H,2-6H2,1H3. The molecule has 82 valence electrons. The molecule has 1 atom stereocenters. The molecule has 1 unspecified atom stereocenters. The summed E-state index contributed by atoms with van der Waals surface area (Å²) in [6.45, 7) is 3.68. The predicted molar refractivity (Wildman–Crippen MR) is 58.4 cm³/mol. The molecule has 3 aliphatic rings. The molecule has 0 aliphatic carbocycles. The average Bonchev–Trinajstić information content (AvgIpc) is 2.78. The van der Waals surface area contributed by atoms with Gasteiger partial charge in [-0.15, -0.1) is 4.37 Å². The number of piperidine rings is 3. The third-order valence-corrected chi connectivity index (χ3v) is 4.21. The molecule has 0 N–H and O–H groups in total. The summed E-state index contributed by atoms with van der Waals surface area (Å²) >= 11 is 1.27. The van der Waals surface area contributed by atoms with Crippen molar-refractivity contribution in [3.63, 3.8) is 0 Å². The minimum Gasteiger partial charge on any atom is -0.479 e. The number of hydrogen-bond donors (Lipinski definition) is 0. The second-order valence-electron chi connectivity index (χ2n) is 4.40. The number of methoxy groups -OCH3 is 1. The highest BCUT2D eigenvalue weighted by molar-refractivity contribution is 6.99. The van der Waals surface area contributed by atoms with Gasteiger partial charge >= 0.3 is 0 Å². The number of ether oxygens (including phenoxy) is 1. The van der Waals surface area contributed by atoms with Gasteiger partial charge in [0.05, 0.1) is 18.8 Å². The topological polar surface area (TPSA) is 38.3 Å². The highest BCUT2D eigenvalue weighted by atomic mass is 32.1. The van der Waals surface area contributed by atoms with E-state index in [1.54, 1.807) is 7.11 Å². The first-order chi connectivity index (χ1) is 7.38. The summed E-state index contributed by atoms with van der Waals surface area (Å²) in [5.74, 6) is 2.10. The fourth-order valence-electron chi connectivity index (χ4n) is 2.83. The number of rotatable bonds is 2. The van der Waals surface area contributed by atoms with Crippen LogP contribution < -0.4 is 4.74 Å². The highest BCUT2D eigenvalue weighted by Crippen LogP contribution is 2.40. The van der Waals surface area contributed by atoms with Crippen molar-refractivity contribution in [2.75, 3.05) is 26.7 Å². The van der Waals surface area contributed by atoms with Crippen molar-refractivity contribution in [3.05, 3.63) is 5.69 Å². The molecule has 0 aromatic carbocycles. The van der Waals surface area contributed by atoms with Crippen LogP contribution in [0.2, 0.25) is 0 Å². The summed E-state index contributed by atoms with van der Waals surface area (Å²) in [7, 11) is 1.68. The third-order valence-electron chi connectivity index (χ3n) is 3.68. The molecule has 1 aromatic rings. The molecule has 4 heterocycles. The molecule has 0 spiro atoms. The first-order valence-corrected chi connectivity index (χ1v) is 6.20. The Hall–Kier alpha value is -0.680. The fourth-order valence-corrected chi connectivity index (χ4v) is 3.41. The Morgan fingerprint density at radius 3 is 2.73 bits per heavy atom. The highest BCUT2D eigenvalue weighted by Gasteiger charge is 2.37. The Bertz CT molecular complexity index is 346.